The van der Waals surface area contributed by atoms with Crippen molar-refractivity contribution in [1.82, 2.24) is 14.9 Å². The molecule has 1 aliphatic heterocycles. The minimum absolute atomic E-state index is 0.0840. The Bertz CT molecular complexity index is 1390. The first-order valence-corrected chi connectivity index (χ1v) is 11.8. The number of aromatic nitrogens is 2. The van der Waals surface area contributed by atoms with Crippen LogP contribution in [0.3, 0.4) is 0 Å². The maximum Gasteiger partial charge on any atom is 0.255 e. The molecule has 5 rings (SSSR count). The molecule has 0 unspecified atom stereocenters. The first-order valence-electron chi connectivity index (χ1n) is 11.4. The van der Waals surface area contributed by atoms with Crippen molar-refractivity contribution in [3.63, 3.8) is 0 Å². The maximum absolute atomic E-state index is 14.9. The highest BCUT2D eigenvalue weighted by Crippen LogP contribution is 2.34. The third-order valence-electron chi connectivity index (χ3n) is 6.17. The van der Waals surface area contributed by atoms with E-state index in [1.54, 1.807) is 41.7 Å². The van der Waals surface area contributed by atoms with Gasteiger partial charge in [0.15, 0.2) is 0 Å². The summed E-state index contributed by atoms with van der Waals surface area (Å²) in [5.74, 6) is -0.420. The monoisotopic (exact) mass is 490 g/mol. The molecule has 1 N–H and O–H groups in total. The SMILES string of the molecule is C[C@@H](Nc1c(Cl)cnc2ccccc12)c1cc(-c2cncc(C(=O)N3CCOCC3)c2)ccc1F. The molecule has 0 radical (unpaired) electrons. The van der Waals surface area contributed by atoms with Crippen molar-refractivity contribution in [2.24, 2.45) is 0 Å². The second-order valence-electron chi connectivity index (χ2n) is 8.47. The molecule has 0 saturated carbocycles. The number of ether oxygens (including phenoxy) is 1. The van der Waals surface area contributed by atoms with Gasteiger partial charge in [0, 0.05) is 48.2 Å². The highest BCUT2D eigenvalue weighted by atomic mass is 35.5. The lowest BCUT2D eigenvalue weighted by Crippen LogP contribution is -2.40. The number of rotatable bonds is 5. The number of para-hydroxylation sites is 1. The van der Waals surface area contributed by atoms with E-state index in [0.717, 1.165) is 22.0 Å². The molecule has 2 aromatic heterocycles. The molecule has 35 heavy (non-hydrogen) atoms. The molecule has 2 aromatic carbocycles. The zero-order valence-corrected chi connectivity index (χ0v) is 19.9. The van der Waals surface area contributed by atoms with E-state index in [1.165, 1.54) is 6.07 Å². The van der Waals surface area contributed by atoms with Gasteiger partial charge in [-0.1, -0.05) is 35.9 Å². The van der Waals surface area contributed by atoms with E-state index in [1.807, 2.05) is 31.2 Å². The molecule has 8 heteroatoms. The van der Waals surface area contributed by atoms with Crippen LogP contribution in [0.25, 0.3) is 22.0 Å². The van der Waals surface area contributed by atoms with Crippen LogP contribution in [0.5, 0.6) is 0 Å². The van der Waals surface area contributed by atoms with Gasteiger partial charge in [0.1, 0.15) is 5.82 Å². The Kier molecular flexibility index (Phi) is 6.61. The summed E-state index contributed by atoms with van der Waals surface area (Å²) in [5, 5.41) is 4.69. The normalized spacial score (nSPS) is 14.7. The minimum Gasteiger partial charge on any atom is -0.378 e. The lowest BCUT2D eigenvalue weighted by Gasteiger charge is -2.26. The van der Waals surface area contributed by atoms with Crippen LogP contribution in [0.2, 0.25) is 5.02 Å². The summed E-state index contributed by atoms with van der Waals surface area (Å²) in [7, 11) is 0. The zero-order chi connectivity index (χ0) is 24.4. The standard InChI is InChI=1S/C27H24ClFN4O2/c1-17(32-26-21-4-2-3-5-25(21)31-16-23(26)28)22-13-18(6-7-24(22)29)19-12-20(15-30-14-19)27(34)33-8-10-35-11-9-33/h2-7,12-17H,8-11H2,1H3,(H,31,32)/t17-/m1/s1. The van der Waals surface area contributed by atoms with Gasteiger partial charge in [-0.05, 0) is 36.8 Å². The van der Waals surface area contributed by atoms with Gasteiger partial charge in [-0.2, -0.15) is 0 Å². The fourth-order valence-electron chi connectivity index (χ4n) is 4.28. The van der Waals surface area contributed by atoms with Gasteiger partial charge >= 0.3 is 0 Å². The van der Waals surface area contributed by atoms with E-state index in [-0.39, 0.29) is 17.8 Å². The second-order valence-corrected chi connectivity index (χ2v) is 8.87. The largest absolute Gasteiger partial charge is 0.378 e. The van der Waals surface area contributed by atoms with Gasteiger partial charge in [0.05, 0.1) is 41.0 Å². The Morgan fingerprint density at radius 3 is 2.71 bits per heavy atom. The number of hydrogen-bond donors (Lipinski definition) is 1. The molecule has 1 atom stereocenters. The van der Waals surface area contributed by atoms with Crippen LogP contribution in [-0.2, 0) is 4.74 Å². The Morgan fingerprint density at radius 2 is 1.89 bits per heavy atom. The van der Waals surface area contributed by atoms with E-state index in [4.69, 9.17) is 16.3 Å². The third kappa shape index (κ3) is 4.83. The molecule has 3 heterocycles. The van der Waals surface area contributed by atoms with Crippen LogP contribution in [0.15, 0.2) is 67.1 Å². The van der Waals surface area contributed by atoms with Crippen molar-refractivity contribution in [2.45, 2.75) is 13.0 Å². The number of nitrogens with one attached hydrogen (secondary N) is 1. The Balaban J connectivity index is 1.44. The fourth-order valence-corrected chi connectivity index (χ4v) is 4.48. The van der Waals surface area contributed by atoms with Crippen molar-refractivity contribution in [1.29, 1.82) is 0 Å². The van der Waals surface area contributed by atoms with Crippen LogP contribution in [0, 0.1) is 5.82 Å². The number of anilines is 1. The number of morpholine rings is 1. The average molecular weight is 491 g/mol. The first kappa shape index (κ1) is 23.2. The first-order chi connectivity index (χ1) is 17.0. The zero-order valence-electron chi connectivity index (χ0n) is 19.2. The molecule has 4 aromatic rings. The molecule has 1 fully saturated rings. The van der Waals surface area contributed by atoms with Gasteiger partial charge in [-0.15, -0.1) is 0 Å². The number of amides is 1. The van der Waals surface area contributed by atoms with E-state index in [9.17, 15) is 9.18 Å². The second kappa shape index (κ2) is 9.98. The van der Waals surface area contributed by atoms with Crippen molar-refractivity contribution >= 4 is 34.1 Å². The topological polar surface area (TPSA) is 67.4 Å². The lowest BCUT2D eigenvalue weighted by molar-refractivity contribution is 0.0302. The van der Waals surface area contributed by atoms with Gasteiger partial charge in [0.2, 0.25) is 0 Å². The number of pyridine rings is 2. The third-order valence-corrected chi connectivity index (χ3v) is 6.46. The quantitative estimate of drug-likeness (QED) is 0.386. The van der Waals surface area contributed by atoms with Gasteiger partial charge in [0.25, 0.3) is 5.91 Å². The number of carbonyl (C=O) groups excluding carboxylic acids is 1. The number of benzene rings is 2. The number of halogens is 2. The van der Waals surface area contributed by atoms with Crippen molar-refractivity contribution in [2.75, 3.05) is 31.6 Å². The molecule has 1 saturated heterocycles. The molecular formula is C27H24ClFN4O2. The summed E-state index contributed by atoms with van der Waals surface area (Å²) in [6.45, 7) is 4.05. The molecule has 0 spiro atoms. The molecule has 0 aliphatic carbocycles. The fraction of sp³-hybridized carbons (Fsp3) is 0.222. The summed E-state index contributed by atoms with van der Waals surface area (Å²) in [6.07, 6.45) is 4.83. The summed E-state index contributed by atoms with van der Waals surface area (Å²) < 4.78 is 20.3. The number of nitrogens with zero attached hydrogens (tertiary/aromatic N) is 3. The van der Waals surface area contributed by atoms with Crippen LogP contribution in [-0.4, -0.2) is 47.1 Å². The van der Waals surface area contributed by atoms with Crippen molar-refractivity contribution in [3.8, 4) is 11.1 Å². The summed E-state index contributed by atoms with van der Waals surface area (Å²) in [6, 6.07) is 14.0. The van der Waals surface area contributed by atoms with Crippen LogP contribution < -0.4 is 5.32 Å². The van der Waals surface area contributed by atoms with Crippen LogP contribution in [0.4, 0.5) is 10.1 Å². The summed E-state index contributed by atoms with van der Waals surface area (Å²) in [5.41, 5.74) is 3.98. The van der Waals surface area contributed by atoms with Crippen LogP contribution >= 0.6 is 11.6 Å². The predicted molar refractivity (Wildman–Crippen MR) is 135 cm³/mol. The lowest BCUT2D eigenvalue weighted by atomic mass is 9.99. The predicted octanol–water partition coefficient (Wildman–Crippen LogP) is 5.73. The van der Waals surface area contributed by atoms with E-state index in [0.29, 0.717) is 48.1 Å². The molecule has 1 amide bonds. The Hall–Kier alpha value is -3.55. The van der Waals surface area contributed by atoms with Crippen molar-refractivity contribution in [3.05, 3.63) is 89.1 Å². The molecule has 178 valence electrons. The average Bonchev–Trinajstić information content (AvgIpc) is 2.90. The van der Waals surface area contributed by atoms with Gasteiger partial charge in [-0.25, -0.2) is 4.39 Å². The molecule has 6 nitrogen and oxygen atoms in total. The minimum atomic E-state index is -0.385. The number of hydrogen-bond acceptors (Lipinski definition) is 5. The molecule has 0 bridgehead atoms. The highest BCUT2D eigenvalue weighted by Gasteiger charge is 2.20. The molecule has 1 aliphatic rings. The number of carbonyl (C=O) groups is 1. The smallest absolute Gasteiger partial charge is 0.255 e. The summed E-state index contributed by atoms with van der Waals surface area (Å²) >= 11 is 6.44. The van der Waals surface area contributed by atoms with Gasteiger partial charge in [-0.3, -0.25) is 14.8 Å². The highest BCUT2D eigenvalue weighted by molar-refractivity contribution is 6.34. The molecular weight excluding hydrogens is 467 g/mol. The maximum atomic E-state index is 14.9. The van der Waals surface area contributed by atoms with Gasteiger partial charge < -0.3 is 15.0 Å². The van der Waals surface area contributed by atoms with E-state index >= 15 is 0 Å². The number of fused-ring (bicyclic) bond motifs is 1. The van der Waals surface area contributed by atoms with Crippen molar-refractivity contribution < 1.29 is 13.9 Å². The summed E-state index contributed by atoms with van der Waals surface area (Å²) in [4.78, 5) is 23.3. The van der Waals surface area contributed by atoms with E-state index in [2.05, 4.69) is 15.3 Å². The van der Waals surface area contributed by atoms with Crippen LogP contribution in [0.1, 0.15) is 28.9 Å². The van der Waals surface area contributed by atoms with E-state index < -0.39 is 0 Å². The Morgan fingerprint density at radius 1 is 1.09 bits per heavy atom. The Labute approximate surface area is 207 Å².